The van der Waals surface area contributed by atoms with E-state index in [0.717, 1.165) is 24.0 Å². The van der Waals surface area contributed by atoms with E-state index in [1.165, 1.54) is 34.1 Å². The minimum atomic E-state index is -0.960. The number of imidazole rings is 2. The Hall–Kier alpha value is -8.10. The molecule has 4 heterocycles. The van der Waals surface area contributed by atoms with Gasteiger partial charge in [0, 0.05) is 59.9 Å². The zero-order chi connectivity index (χ0) is 48.8. The van der Waals surface area contributed by atoms with E-state index in [2.05, 4.69) is 25.3 Å². The molecule has 2 saturated heterocycles. The normalized spacial score (nSPS) is 15.8. The molecular weight excluding hydrogens is 869 g/mol. The number of nitrogen functional groups attached to an aromatic ring is 1. The number of carboxylic acids is 1. The average Bonchev–Trinajstić information content (AvgIpc) is 4.09. The van der Waals surface area contributed by atoms with Crippen LogP contribution < -0.4 is 11.1 Å². The van der Waals surface area contributed by atoms with Crippen LogP contribution in [0.5, 0.6) is 0 Å². The van der Waals surface area contributed by atoms with E-state index >= 15 is 0 Å². The van der Waals surface area contributed by atoms with Crippen molar-refractivity contribution in [2.24, 2.45) is 0 Å². The van der Waals surface area contributed by atoms with Gasteiger partial charge in [-0.1, -0.05) is 0 Å². The highest BCUT2D eigenvalue weighted by atomic mass is 16.6. The van der Waals surface area contributed by atoms with Crippen LogP contribution in [0.3, 0.4) is 0 Å². The standard InChI is InChI=1S/C23H25N5O5.C13H10N4O2.C10H17NO4/c1-23(2,3)33-22(30)27-12-4-5-19(27)21(29)24-15-8-6-14(7-9-15)20-25-17-11-10-16(28(31)32)13-18(17)26-20;14-9-3-1-8(2-4-9)13-15-11-6-5-10(17(18)19)7-12(11)16-13;1-10(2,3)15-9(14)11-6-4-5-7(11)8(12)13/h6-11,13,19H,4-5,12H2,1-3H3,(H,24,29)(H,25,26);1-7H,14H2,(H,15,16);7H,4-6H2,1-3H3,(H,12,13)/t19-;;7-/m0.1/s1. The molecule has 3 amide bonds. The van der Waals surface area contributed by atoms with Crippen molar-refractivity contribution in [1.82, 2.24) is 29.7 Å². The van der Waals surface area contributed by atoms with E-state index in [-0.39, 0.29) is 17.3 Å². The summed E-state index contributed by atoms with van der Waals surface area (Å²) in [7, 11) is 0. The van der Waals surface area contributed by atoms with Crippen LogP contribution in [0.4, 0.5) is 32.3 Å². The first kappa shape index (κ1) is 48.4. The van der Waals surface area contributed by atoms with Gasteiger partial charge in [0.25, 0.3) is 11.4 Å². The second-order valence-corrected chi connectivity index (χ2v) is 17.8. The number of fused-ring (bicyclic) bond motifs is 2. The Kier molecular flexibility index (Phi) is 14.4. The number of nitro benzene ring substituents is 2. The van der Waals surface area contributed by atoms with Crippen molar-refractivity contribution < 1.29 is 43.6 Å². The maximum Gasteiger partial charge on any atom is 0.411 e. The van der Waals surface area contributed by atoms with E-state index in [9.17, 15) is 39.4 Å². The van der Waals surface area contributed by atoms with E-state index in [4.69, 9.17) is 20.3 Å². The lowest BCUT2D eigenvalue weighted by atomic mass is 10.1. The predicted octanol–water partition coefficient (Wildman–Crippen LogP) is 8.67. The Morgan fingerprint density at radius 1 is 0.687 bits per heavy atom. The lowest BCUT2D eigenvalue weighted by Crippen LogP contribution is -2.45. The molecule has 2 atom stereocenters. The van der Waals surface area contributed by atoms with Gasteiger partial charge in [0.1, 0.15) is 34.9 Å². The zero-order valence-corrected chi connectivity index (χ0v) is 37.8. The number of non-ortho nitro benzene ring substituents is 2. The lowest BCUT2D eigenvalue weighted by Gasteiger charge is -2.28. The SMILES string of the molecule is CC(C)(C)OC(=O)N1CCC[C@@H]1C(=O)O.CC(C)(C)OC(=O)N1CCC[C@H]1C(=O)Nc1ccc(-c2nc3ccc([N+](=O)[O-])cc3[nH]2)cc1.Nc1ccc(-c2nc3ccc([N+](=O)[O-])cc3[nH]2)cc1. The number of carboxylic acid groups (broad SMARTS) is 1. The zero-order valence-electron chi connectivity index (χ0n) is 37.8. The molecule has 6 N–H and O–H groups in total. The van der Waals surface area contributed by atoms with Crippen molar-refractivity contribution in [1.29, 1.82) is 0 Å². The number of carbonyl (C=O) groups excluding carboxylic acids is 3. The molecule has 2 aliphatic rings. The third-order valence-electron chi connectivity index (χ3n) is 10.3. The highest BCUT2D eigenvalue weighted by Gasteiger charge is 2.37. The first-order chi connectivity index (χ1) is 31.5. The molecule has 67 heavy (non-hydrogen) atoms. The number of nitrogens with zero attached hydrogens (tertiary/aromatic N) is 6. The number of aromatic nitrogens is 4. The number of likely N-dealkylation sites (tertiary alicyclic amines) is 2. The molecule has 21 heteroatoms. The number of benzene rings is 4. The molecule has 4 aromatic carbocycles. The minimum Gasteiger partial charge on any atom is -0.480 e. The number of ether oxygens (including phenoxy) is 2. The highest BCUT2D eigenvalue weighted by molar-refractivity contribution is 5.97. The van der Waals surface area contributed by atoms with Gasteiger partial charge < -0.3 is 35.6 Å². The number of rotatable bonds is 7. The van der Waals surface area contributed by atoms with Crippen LogP contribution in [0.1, 0.15) is 67.2 Å². The lowest BCUT2D eigenvalue weighted by molar-refractivity contribution is -0.384. The number of aliphatic carboxylic acids is 1. The monoisotopic (exact) mass is 920 g/mol. The minimum absolute atomic E-state index is 0.0110. The number of amides is 3. The topological polar surface area (TPSA) is 295 Å². The first-order valence-corrected chi connectivity index (χ1v) is 21.3. The smallest absolute Gasteiger partial charge is 0.411 e. The molecule has 8 rings (SSSR count). The maximum atomic E-state index is 12.8. The fraction of sp³-hybridized carbons (Fsp3) is 0.348. The fourth-order valence-electron chi connectivity index (χ4n) is 7.21. The van der Waals surface area contributed by atoms with E-state index in [0.29, 0.717) is 71.0 Å². The van der Waals surface area contributed by atoms with Crippen LogP contribution in [-0.2, 0) is 19.1 Å². The molecule has 352 valence electrons. The molecular formula is C46H52N10O11. The molecule has 0 spiro atoms. The number of carbonyl (C=O) groups is 4. The van der Waals surface area contributed by atoms with Crippen LogP contribution >= 0.6 is 0 Å². The molecule has 0 unspecified atom stereocenters. The molecule has 0 radical (unpaired) electrons. The van der Waals surface area contributed by atoms with E-state index in [1.54, 1.807) is 90.1 Å². The number of nitro groups is 2. The number of nitrogens with one attached hydrogen (secondary N) is 3. The van der Waals surface area contributed by atoms with E-state index in [1.807, 2.05) is 12.1 Å². The van der Waals surface area contributed by atoms with Gasteiger partial charge in [0.15, 0.2) is 0 Å². The summed E-state index contributed by atoms with van der Waals surface area (Å²) in [6.07, 6.45) is 1.52. The van der Waals surface area contributed by atoms with Crippen molar-refractivity contribution in [3.05, 3.63) is 105 Å². The predicted molar refractivity (Wildman–Crippen MR) is 249 cm³/mol. The summed E-state index contributed by atoms with van der Waals surface area (Å²) >= 11 is 0. The second-order valence-electron chi connectivity index (χ2n) is 17.8. The van der Waals surface area contributed by atoms with Crippen molar-refractivity contribution in [2.75, 3.05) is 24.1 Å². The average molecular weight is 921 g/mol. The molecule has 2 fully saturated rings. The Morgan fingerprint density at radius 3 is 1.52 bits per heavy atom. The summed E-state index contributed by atoms with van der Waals surface area (Å²) in [6, 6.07) is 22.0. The second kappa shape index (κ2) is 20.0. The number of aromatic amines is 2. The molecule has 21 nitrogen and oxygen atoms in total. The van der Waals surface area contributed by atoms with Gasteiger partial charge in [-0.2, -0.15) is 0 Å². The quantitative estimate of drug-likeness (QED) is 0.0569. The Balaban J connectivity index is 0.000000184. The van der Waals surface area contributed by atoms with Crippen molar-refractivity contribution in [2.45, 2.75) is 90.5 Å². The maximum absolute atomic E-state index is 12.8. The molecule has 6 aromatic rings. The Labute approximate surface area is 384 Å². The summed E-state index contributed by atoms with van der Waals surface area (Å²) in [5, 5.41) is 33.4. The van der Waals surface area contributed by atoms with Crippen molar-refractivity contribution >= 4 is 68.9 Å². The van der Waals surface area contributed by atoms with Gasteiger partial charge in [0.05, 0.1) is 31.9 Å². The number of hydrogen-bond donors (Lipinski definition) is 5. The van der Waals surface area contributed by atoms with Gasteiger partial charge in [-0.25, -0.2) is 24.4 Å². The van der Waals surface area contributed by atoms with Crippen LogP contribution in [0.25, 0.3) is 44.8 Å². The van der Waals surface area contributed by atoms with Crippen LogP contribution in [0.2, 0.25) is 0 Å². The summed E-state index contributed by atoms with van der Waals surface area (Å²) in [5.41, 5.74) is 9.89. The summed E-state index contributed by atoms with van der Waals surface area (Å²) in [4.78, 5) is 86.3. The number of hydrogen-bond acceptors (Lipinski definition) is 13. The fourth-order valence-corrected chi connectivity index (χ4v) is 7.21. The largest absolute Gasteiger partial charge is 0.480 e. The summed E-state index contributed by atoms with van der Waals surface area (Å²) in [6.45, 7) is 11.6. The van der Waals surface area contributed by atoms with Gasteiger partial charge >= 0.3 is 18.2 Å². The summed E-state index contributed by atoms with van der Waals surface area (Å²) < 4.78 is 10.5. The van der Waals surface area contributed by atoms with Crippen LogP contribution in [-0.4, -0.2) is 105 Å². The van der Waals surface area contributed by atoms with Gasteiger partial charge in [-0.3, -0.25) is 34.8 Å². The molecule has 0 saturated carbocycles. The first-order valence-electron chi connectivity index (χ1n) is 21.3. The third-order valence-corrected chi connectivity index (χ3v) is 10.3. The van der Waals surface area contributed by atoms with Gasteiger partial charge in [0.2, 0.25) is 5.91 Å². The molecule has 0 aliphatic carbocycles. The number of H-pyrrole nitrogens is 2. The highest BCUT2D eigenvalue weighted by Crippen LogP contribution is 2.28. The van der Waals surface area contributed by atoms with Crippen LogP contribution in [0, 0.1) is 20.2 Å². The van der Waals surface area contributed by atoms with Crippen molar-refractivity contribution in [3.63, 3.8) is 0 Å². The number of anilines is 2. The summed E-state index contributed by atoms with van der Waals surface area (Å²) in [5.74, 6) is 0.00582. The Bertz CT molecular complexity index is 2790. The van der Waals surface area contributed by atoms with Gasteiger partial charge in [-0.15, -0.1) is 0 Å². The molecule has 2 aromatic heterocycles. The third kappa shape index (κ3) is 12.6. The van der Waals surface area contributed by atoms with Crippen LogP contribution in [0.15, 0.2) is 84.9 Å². The Morgan fingerprint density at radius 2 is 1.10 bits per heavy atom. The number of nitrogens with two attached hydrogens (primary N) is 1. The van der Waals surface area contributed by atoms with Gasteiger partial charge in [-0.05, 0) is 128 Å². The van der Waals surface area contributed by atoms with E-state index < -0.39 is 51.3 Å². The van der Waals surface area contributed by atoms with Crippen molar-refractivity contribution in [3.8, 4) is 22.8 Å². The molecule has 0 bridgehead atoms. The molecule has 2 aliphatic heterocycles.